The van der Waals surface area contributed by atoms with Crippen LogP contribution in [0.2, 0.25) is 0 Å². The molecule has 0 aliphatic rings. The molecular weight excluding hydrogens is 388 g/mol. The zero-order valence-electron chi connectivity index (χ0n) is 15.5. The van der Waals surface area contributed by atoms with Crippen LogP contribution in [0.5, 0.6) is 0 Å². The van der Waals surface area contributed by atoms with Crippen molar-refractivity contribution in [2.45, 2.75) is 6.42 Å². The summed E-state index contributed by atoms with van der Waals surface area (Å²) in [6, 6.07) is 19.1. The Labute approximate surface area is 172 Å². The van der Waals surface area contributed by atoms with Crippen molar-refractivity contribution in [2.24, 2.45) is 0 Å². The summed E-state index contributed by atoms with van der Waals surface area (Å²) >= 11 is 1.35. The molecule has 0 aliphatic carbocycles. The monoisotopic (exact) mass is 408 g/mol. The highest BCUT2D eigenvalue weighted by Gasteiger charge is 2.08. The molecule has 1 aromatic heterocycles. The smallest absolute Gasteiger partial charge is 0.323 e. The van der Waals surface area contributed by atoms with Crippen molar-refractivity contribution in [2.75, 3.05) is 22.5 Å². The van der Waals surface area contributed by atoms with Gasteiger partial charge in [0.25, 0.3) is 5.91 Å². The van der Waals surface area contributed by atoms with Crippen LogP contribution in [0.15, 0.2) is 72.1 Å². The number of urea groups is 1. The van der Waals surface area contributed by atoms with Gasteiger partial charge in [-0.2, -0.15) is 0 Å². The van der Waals surface area contributed by atoms with Crippen LogP contribution in [0.4, 0.5) is 21.9 Å². The number of thiophene rings is 1. The van der Waals surface area contributed by atoms with E-state index in [1.807, 2.05) is 23.6 Å². The second-order valence-corrected chi connectivity index (χ2v) is 7.00. The highest BCUT2D eigenvalue weighted by molar-refractivity contribution is 7.12. The highest BCUT2D eigenvalue weighted by atomic mass is 32.1. The van der Waals surface area contributed by atoms with E-state index in [2.05, 4.69) is 21.3 Å². The zero-order valence-corrected chi connectivity index (χ0v) is 16.3. The van der Waals surface area contributed by atoms with Crippen molar-refractivity contribution >= 4 is 46.2 Å². The molecule has 0 bridgehead atoms. The summed E-state index contributed by atoms with van der Waals surface area (Å²) in [7, 11) is 0. The molecule has 7 nitrogen and oxygen atoms in total. The van der Waals surface area contributed by atoms with Gasteiger partial charge in [-0.25, -0.2) is 4.79 Å². The molecule has 29 heavy (non-hydrogen) atoms. The molecule has 1 heterocycles. The molecule has 3 rings (SSSR count). The van der Waals surface area contributed by atoms with E-state index in [9.17, 15) is 14.4 Å². The third-order valence-electron chi connectivity index (χ3n) is 3.84. The number of carbonyl (C=O) groups excluding carboxylic acids is 3. The number of benzene rings is 2. The van der Waals surface area contributed by atoms with Gasteiger partial charge in [0.2, 0.25) is 5.91 Å². The molecule has 8 heteroatoms. The lowest BCUT2D eigenvalue weighted by molar-refractivity contribution is -0.116. The normalized spacial score (nSPS) is 10.1. The van der Waals surface area contributed by atoms with Crippen LogP contribution in [0.3, 0.4) is 0 Å². The van der Waals surface area contributed by atoms with E-state index in [1.165, 1.54) is 11.3 Å². The number of hydrogen-bond donors (Lipinski definition) is 4. The van der Waals surface area contributed by atoms with E-state index >= 15 is 0 Å². The fourth-order valence-electron chi connectivity index (χ4n) is 2.46. The second-order valence-electron chi connectivity index (χ2n) is 6.05. The maximum absolute atomic E-state index is 12.0. The summed E-state index contributed by atoms with van der Waals surface area (Å²) in [5, 5.41) is 12.7. The molecule has 0 fully saturated rings. The average Bonchev–Trinajstić information content (AvgIpc) is 3.25. The summed E-state index contributed by atoms with van der Waals surface area (Å²) in [6.07, 6.45) is 0.163. The number of carbonyl (C=O) groups is 3. The minimum Gasteiger partial charge on any atom is -0.351 e. The Bertz CT molecular complexity index is 957. The lowest BCUT2D eigenvalue weighted by Crippen LogP contribution is -2.27. The third kappa shape index (κ3) is 6.47. The molecular formula is C21H20N4O3S. The van der Waals surface area contributed by atoms with Crippen molar-refractivity contribution in [1.29, 1.82) is 0 Å². The standard InChI is InChI=1S/C21H20N4O3S/c26-19(12-13-22-20(27)18-7-4-14-29-18)23-16-8-10-17(11-9-16)25-21(28)24-15-5-2-1-3-6-15/h1-11,14H,12-13H2,(H,22,27)(H,23,26)(H2,24,25,28). The van der Waals surface area contributed by atoms with E-state index < -0.39 is 0 Å². The van der Waals surface area contributed by atoms with Gasteiger partial charge in [0.15, 0.2) is 0 Å². The number of nitrogens with one attached hydrogen (secondary N) is 4. The van der Waals surface area contributed by atoms with Crippen LogP contribution in [0, 0.1) is 0 Å². The minimum atomic E-state index is -0.352. The number of para-hydroxylation sites is 1. The van der Waals surface area contributed by atoms with Crippen molar-refractivity contribution < 1.29 is 14.4 Å². The Morgan fingerprint density at radius 2 is 1.34 bits per heavy atom. The Balaban J connectivity index is 1.40. The Morgan fingerprint density at radius 1 is 0.724 bits per heavy atom. The first-order chi connectivity index (χ1) is 14.1. The first kappa shape index (κ1) is 20.1. The summed E-state index contributed by atoms with van der Waals surface area (Å²) in [6.45, 7) is 0.252. The van der Waals surface area contributed by atoms with E-state index in [0.29, 0.717) is 21.9 Å². The molecule has 0 saturated heterocycles. The topological polar surface area (TPSA) is 99.3 Å². The summed E-state index contributed by atoms with van der Waals surface area (Å²) < 4.78 is 0. The van der Waals surface area contributed by atoms with Crippen molar-refractivity contribution in [1.82, 2.24) is 5.32 Å². The van der Waals surface area contributed by atoms with Gasteiger partial charge in [0, 0.05) is 30.0 Å². The number of amides is 4. The number of hydrogen-bond acceptors (Lipinski definition) is 4. The Morgan fingerprint density at radius 3 is 1.97 bits per heavy atom. The number of rotatable bonds is 7. The van der Waals surface area contributed by atoms with Gasteiger partial charge in [0.1, 0.15) is 0 Å². The van der Waals surface area contributed by atoms with Gasteiger partial charge in [-0.05, 0) is 47.8 Å². The predicted octanol–water partition coefficient (Wildman–Crippen LogP) is 4.15. The van der Waals surface area contributed by atoms with E-state index in [4.69, 9.17) is 0 Å². The van der Waals surface area contributed by atoms with Crippen molar-refractivity contribution in [3.8, 4) is 0 Å². The van der Waals surface area contributed by atoms with Gasteiger partial charge in [-0.1, -0.05) is 24.3 Å². The van der Waals surface area contributed by atoms with Crippen LogP contribution < -0.4 is 21.3 Å². The second kappa shape index (κ2) is 10.0. The van der Waals surface area contributed by atoms with Gasteiger partial charge in [0.05, 0.1) is 4.88 Å². The first-order valence-corrected chi connectivity index (χ1v) is 9.83. The van der Waals surface area contributed by atoms with Gasteiger partial charge >= 0.3 is 6.03 Å². The van der Waals surface area contributed by atoms with E-state index in [-0.39, 0.29) is 30.8 Å². The average molecular weight is 408 g/mol. The van der Waals surface area contributed by atoms with Crippen LogP contribution in [0.1, 0.15) is 16.1 Å². The molecule has 4 amide bonds. The Hall–Kier alpha value is -3.65. The van der Waals surface area contributed by atoms with E-state index in [1.54, 1.807) is 48.5 Å². The van der Waals surface area contributed by atoms with Crippen LogP contribution in [-0.4, -0.2) is 24.4 Å². The maximum Gasteiger partial charge on any atom is 0.323 e. The molecule has 0 spiro atoms. The molecule has 4 N–H and O–H groups in total. The molecule has 0 saturated carbocycles. The SMILES string of the molecule is O=C(CCNC(=O)c1cccs1)Nc1ccc(NC(=O)Nc2ccccc2)cc1. The lowest BCUT2D eigenvalue weighted by Gasteiger charge is -2.09. The fourth-order valence-corrected chi connectivity index (χ4v) is 3.10. The maximum atomic E-state index is 12.0. The Kier molecular flexibility index (Phi) is 6.96. The summed E-state index contributed by atoms with van der Waals surface area (Å²) in [4.78, 5) is 36.4. The summed E-state index contributed by atoms with van der Waals surface area (Å²) in [5.74, 6) is -0.393. The minimum absolute atomic E-state index is 0.163. The van der Waals surface area contributed by atoms with Gasteiger partial charge in [-0.15, -0.1) is 11.3 Å². The molecule has 0 aliphatic heterocycles. The fraction of sp³-hybridized carbons (Fsp3) is 0.0952. The molecule has 148 valence electrons. The van der Waals surface area contributed by atoms with Gasteiger partial charge < -0.3 is 21.3 Å². The van der Waals surface area contributed by atoms with E-state index in [0.717, 1.165) is 0 Å². The largest absolute Gasteiger partial charge is 0.351 e. The number of anilines is 3. The zero-order chi connectivity index (χ0) is 20.5. The van der Waals surface area contributed by atoms with Crippen LogP contribution >= 0.6 is 11.3 Å². The lowest BCUT2D eigenvalue weighted by atomic mass is 10.2. The van der Waals surface area contributed by atoms with Crippen molar-refractivity contribution in [3.63, 3.8) is 0 Å². The molecule has 0 unspecified atom stereocenters. The highest BCUT2D eigenvalue weighted by Crippen LogP contribution is 2.15. The molecule has 0 atom stereocenters. The van der Waals surface area contributed by atoms with Crippen LogP contribution in [-0.2, 0) is 4.79 Å². The molecule has 2 aromatic carbocycles. The van der Waals surface area contributed by atoms with Gasteiger partial charge in [-0.3, -0.25) is 9.59 Å². The third-order valence-corrected chi connectivity index (χ3v) is 4.71. The predicted molar refractivity (Wildman–Crippen MR) is 115 cm³/mol. The van der Waals surface area contributed by atoms with Crippen LogP contribution in [0.25, 0.3) is 0 Å². The molecule has 3 aromatic rings. The quantitative estimate of drug-likeness (QED) is 0.472. The summed E-state index contributed by atoms with van der Waals surface area (Å²) in [5.41, 5.74) is 1.90. The molecule has 0 radical (unpaired) electrons. The van der Waals surface area contributed by atoms with Crippen molar-refractivity contribution in [3.05, 3.63) is 77.0 Å². The first-order valence-electron chi connectivity index (χ1n) is 8.95.